The first-order chi connectivity index (χ1) is 5.38. The maximum atomic E-state index is 5.33. The van der Waals surface area contributed by atoms with Gasteiger partial charge in [0.2, 0.25) is 5.88 Å². The topological polar surface area (TPSA) is 27.1 Å². The second-order valence-corrected chi connectivity index (χ2v) is 2.33. The van der Waals surface area contributed by atoms with E-state index in [1.54, 1.807) is 6.20 Å². The predicted molar refractivity (Wildman–Crippen MR) is 43.7 cm³/mol. The lowest BCUT2D eigenvalue weighted by Crippen LogP contribution is -2.03. The summed E-state index contributed by atoms with van der Waals surface area (Å²) in [6.07, 6.45) is 2.85. The quantitative estimate of drug-likeness (QED) is 0.660. The largest absolute Gasteiger partial charge is 0.478 e. The second-order valence-electron chi connectivity index (χ2n) is 2.33. The lowest BCUT2D eigenvalue weighted by molar-refractivity contribution is 0.300. The fourth-order valence-corrected chi connectivity index (χ4v) is 0.971. The van der Waals surface area contributed by atoms with Crippen molar-refractivity contribution in [1.29, 1.82) is 0 Å². The molecule has 1 aromatic rings. The molecule has 3 heteroatoms. The van der Waals surface area contributed by atoms with Crippen molar-refractivity contribution in [3.05, 3.63) is 12.3 Å². The standard InChI is InChI=1S/C8H14N2O/c1-3-7-10-8(11-4-2)5-6-9-10/h5-6H,3-4,7H2,1-2H3. The minimum atomic E-state index is 0.704. The summed E-state index contributed by atoms with van der Waals surface area (Å²) in [7, 11) is 0. The highest BCUT2D eigenvalue weighted by Crippen LogP contribution is 2.09. The van der Waals surface area contributed by atoms with E-state index in [4.69, 9.17) is 4.74 Å². The van der Waals surface area contributed by atoms with E-state index >= 15 is 0 Å². The van der Waals surface area contributed by atoms with Gasteiger partial charge in [-0.25, -0.2) is 4.68 Å². The fourth-order valence-electron chi connectivity index (χ4n) is 0.971. The Bertz CT molecular complexity index is 187. The van der Waals surface area contributed by atoms with Gasteiger partial charge in [-0.1, -0.05) is 6.92 Å². The van der Waals surface area contributed by atoms with Gasteiger partial charge >= 0.3 is 0 Å². The summed E-state index contributed by atoms with van der Waals surface area (Å²) in [6, 6.07) is 1.89. The number of nitrogens with zero attached hydrogens (tertiary/aromatic N) is 2. The van der Waals surface area contributed by atoms with Crippen LogP contribution in [-0.2, 0) is 6.54 Å². The van der Waals surface area contributed by atoms with E-state index in [0.717, 1.165) is 18.8 Å². The van der Waals surface area contributed by atoms with Crippen molar-refractivity contribution in [1.82, 2.24) is 9.78 Å². The monoisotopic (exact) mass is 154 g/mol. The van der Waals surface area contributed by atoms with Gasteiger partial charge in [-0.05, 0) is 13.3 Å². The maximum Gasteiger partial charge on any atom is 0.211 e. The molecular formula is C8H14N2O. The number of hydrogen-bond acceptors (Lipinski definition) is 2. The van der Waals surface area contributed by atoms with Gasteiger partial charge in [0, 0.05) is 12.6 Å². The normalized spacial score (nSPS) is 10.0. The molecule has 1 heterocycles. The zero-order valence-electron chi connectivity index (χ0n) is 7.08. The van der Waals surface area contributed by atoms with Crippen molar-refractivity contribution in [2.24, 2.45) is 0 Å². The van der Waals surface area contributed by atoms with Crippen molar-refractivity contribution in [3.8, 4) is 5.88 Å². The summed E-state index contributed by atoms with van der Waals surface area (Å²) in [5.41, 5.74) is 0. The minimum absolute atomic E-state index is 0.704. The molecule has 0 unspecified atom stereocenters. The van der Waals surface area contributed by atoms with Crippen LogP contribution in [0.2, 0.25) is 0 Å². The molecule has 11 heavy (non-hydrogen) atoms. The molecule has 1 aromatic heterocycles. The molecular weight excluding hydrogens is 140 g/mol. The van der Waals surface area contributed by atoms with Crippen molar-refractivity contribution in [3.63, 3.8) is 0 Å². The molecule has 0 aromatic carbocycles. The Morgan fingerprint density at radius 1 is 1.55 bits per heavy atom. The van der Waals surface area contributed by atoms with Crippen LogP contribution in [0, 0.1) is 0 Å². The average molecular weight is 154 g/mol. The van der Waals surface area contributed by atoms with Crippen LogP contribution in [0.15, 0.2) is 12.3 Å². The number of ether oxygens (including phenoxy) is 1. The van der Waals surface area contributed by atoms with Crippen LogP contribution in [0.3, 0.4) is 0 Å². The average Bonchev–Trinajstić information content (AvgIpc) is 2.39. The van der Waals surface area contributed by atoms with Crippen molar-refractivity contribution < 1.29 is 4.74 Å². The van der Waals surface area contributed by atoms with E-state index in [2.05, 4.69) is 12.0 Å². The highest BCUT2D eigenvalue weighted by Gasteiger charge is 1.99. The Morgan fingerprint density at radius 3 is 3.00 bits per heavy atom. The highest BCUT2D eigenvalue weighted by molar-refractivity contribution is 5.07. The SMILES string of the molecule is CCCn1nccc1OCC. The van der Waals surface area contributed by atoms with Gasteiger partial charge in [-0.3, -0.25) is 0 Å². The lowest BCUT2D eigenvalue weighted by atomic mass is 10.5. The van der Waals surface area contributed by atoms with Gasteiger partial charge < -0.3 is 4.74 Å². The molecule has 0 bridgehead atoms. The van der Waals surface area contributed by atoms with Crippen LogP contribution in [0.5, 0.6) is 5.88 Å². The van der Waals surface area contributed by atoms with Crippen LogP contribution in [0.25, 0.3) is 0 Å². The predicted octanol–water partition coefficient (Wildman–Crippen LogP) is 1.69. The first-order valence-electron chi connectivity index (χ1n) is 4.03. The molecule has 0 fully saturated rings. The van der Waals surface area contributed by atoms with Gasteiger partial charge in [0.15, 0.2) is 0 Å². The third-order valence-electron chi connectivity index (χ3n) is 1.41. The van der Waals surface area contributed by atoms with E-state index in [1.165, 1.54) is 0 Å². The van der Waals surface area contributed by atoms with E-state index < -0.39 is 0 Å². The Kier molecular flexibility index (Phi) is 2.95. The molecule has 0 radical (unpaired) electrons. The van der Waals surface area contributed by atoms with Crippen molar-refractivity contribution in [2.75, 3.05) is 6.61 Å². The molecule has 0 aliphatic rings. The Hall–Kier alpha value is -0.990. The number of hydrogen-bond donors (Lipinski definition) is 0. The van der Waals surface area contributed by atoms with E-state index in [9.17, 15) is 0 Å². The Balaban J connectivity index is 2.62. The second kappa shape index (κ2) is 4.01. The van der Waals surface area contributed by atoms with Gasteiger partial charge in [0.1, 0.15) is 0 Å². The zero-order valence-corrected chi connectivity index (χ0v) is 7.08. The summed E-state index contributed by atoms with van der Waals surface area (Å²) >= 11 is 0. The molecule has 1 rings (SSSR count). The summed E-state index contributed by atoms with van der Waals surface area (Å²) in [4.78, 5) is 0. The fraction of sp³-hybridized carbons (Fsp3) is 0.625. The van der Waals surface area contributed by atoms with E-state index in [1.807, 2.05) is 17.7 Å². The third kappa shape index (κ3) is 1.97. The maximum absolute atomic E-state index is 5.33. The van der Waals surface area contributed by atoms with Crippen molar-refractivity contribution >= 4 is 0 Å². The summed E-state index contributed by atoms with van der Waals surface area (Å²) < 4.78 is 7.21. The lowest BCUT2D eigenvalue weighted by Gasteiger charge is -2.04. The first-order valence-corrected chi connectivity index (χ1v) is 4.03. The van der Waals surface area contributed by atoms with Crippen LogP contribution >= 0.6 is 0 Å². The zero-order chi connectivity index (χ0) is 8.10. The highest BCUT2D eigenvalue weighted by atomic mass is 16.5. The third-order valence-corrected chi connectivity index (χ3v) is 1.41. The van der Waals surface area contributed by atoms with E-state index in [0.29, 0.717) is 6.61 Å². The van der Waals surface area contributed by atoms with Gasteiger partial charge in [0.25, 0.3) is 0 Å². The summed E-state index contributed by atoms with van der Waals surface area (Å²) in [6.45, 7) is 5.73. The molecule has 0 aliphatic carbocycles. The molecule has 0 aliphatic heterocycles. The van der Waals surface area contributed by atoms with Gasteiger partial charge in [-0.15, -0.1) is 0 Å². The summed E-state index contributed by atoms with van der Waals surface area (Å²) in [5, 5.41) is 4.12. The molecule has 0 spiro atoms. The number of aryl methyl sites for hydroxylation is 1. The molecule has 0 amide bonds. The first kappa shape index (κ1) is 8.11. The summed E-state index contributed by atoms with van der Waals surface area (Å²) in [5.74, 6) is 0.870. The molecule has 62 valence electrons. The molecule has 0 saturated heterocycles. The van der Waals surface area contributed by atoms with Crippen LogP contribution in [0.1, 0.15) is 20.3 Å². The van der Waals surface area contributed by atoms with Gasteiger partial charge in [0.05, 0.1) is 12.8 Å². The van der Waals surface area contributed by atoms with Crippen LogP contribution in [-0.4, -0.2) is 16.4 Å². The van der Waals surface area contributed by atoms with Crippen LogP contribution < -0.4 is 4.74 Å². The number of rotatable bonds is 4. The van der Waals surface area contributed by atoms with Crippen molar-refractivity contribution in [2.45, 2.75) is 26.8 Å². The number of aromatic nitrogens is 2. The Labute approximate surface area is 67.0 Å². The molecule has 3 nitrogen and oxygen atoms in total. The molecule has 0 atom stereocenters. The smallest absolute Gasteiger partial charge is 0.211 e. The Morgan fingerprint density at radius 2 is 2.36 bits per heavy atom. The molecule has 0 saturated carbocycles. The minimum Gasteiger partial charge on any atom is -0.478 e. The van der Waals surface area contributed by atoms with E-state index in [-0.39, 0.29) is 0 Å². The molecule has 0 N–H and O–H groups in total. The van der Waals surface area contributed by atoms with Gasteiger partial charge in [-0.2, -0.15) is 5.10 Å². The van der Waals surface area contributed by atoms with Crippen LogP contribution in [0.4, 0.5) is 0 Å².